The van der Waals surface area contributed by atoms with E-state index < -0.39 is 0 Å². The summed E-state index contributed by atoms with van der Waals surface area (Å²) in [6.45, 7) is 10.6. The zero-order chi connectivity index (χ0) is 14.6. The molecule has 0 aromatic carbocycles. The Kier molecular flexibility index (Phi) is 5.44. The molecule has 2 fully saturated rings. The Labute approximate surface area is 123 Å². The minimum absolute atomic E-state index is 0.166. The highest BCUT2D eigenvalue weighted by Gasteiger charge is 2.53. The van der Waals surface area contributed by atoms with Crippen LogP contribution in [-0.2, 0) is 9.53 Å². The number of hydrogen-bond acceptors (Lipinski definition) is 3. The molecule has 4 nitrogen and oxygen atoms in total. The van der Waals surface area contributed by atoms with Gasteiger partial charge in [0, 0.05) is 19.3 Å². The lowest BCUT2D eigenvalue weighted by Gasteiger charge is -2.32. The predicted molar refractivity (Wildman–Crippen MR) is 80.6 cm³/mol. The van der Waals surface area contributed by atoms with E-state index in [1.807, 2.05) is 13.8 Å². The van der Waals surface area contributed by atoms with E-state index in [0.717, 1.165) is 32.2 Å². The number of nitrogens with one attached hydrogen (secondary N) is 1. The molecule has 1 unspecified atom stereocenters. The summed E-state index contributed by atoms with van der Waals surface area (Å²) >= 11 is 0. The summed E-state index contributed by atoms with van der Waals surface area (Å²) in [6.07, 6.45) is 5.13. The van der Waals surface area contributed by atoms with Crippen molar-refractivity contribution in [2.45, 2.75) is 52.5 Å². The standard InChI is InChI=1S/C16H30N2O2/c1-4-20-10-5-14-11-16(14)6-8-18(9-7-16)12-15(19)17-13(2)3/h13-14H,4-12H2,1-3H3,(H,17,19). The Hall–Kier alpha value is -0.610. The van der Waals surface area contributed by atoms with Gasteiger partial charge in [0.2, 0.25) is 5.91 Å². The quantitative estimate of drug-likeness (QED) is 0.727. The molecule has 0 bridgehead atoms. The van der Waals surface area contributed by atoms with Gasteiger partial charge in [-0.25, -0.2) is 0 Å². The average molecular weight is 282 g/mol. The first-order chi connectivity index (χ1) is 9.55. The molecular weight excluding hydrogens is 252 g/mol. The highest BCUT2D eigenvalue weighted by atomic mass is 16.5. The molecule has 1 saturated heterocycles. The fourth-order valence-electron chi connectivity index (χ4n) is 3.55. The number of ether oxygens (including phenoxy) is 1. The smallest absolute Gasteiger partial charge is 0.234 e. The van der Waals surface area contributed by atoms with Gasteiger partial charge in [-0.1, -0.05) is 0 Å². The summed E-state index contributed by atoms with van der Waals surface area (Å²) in [5.74, 6) is 1.04. The zero-order valence-corrected chi connectivity index (χ0v) is 13.3. The van der Waals surface area contributed by atoms with Gasteiger partial charge in [-0.05, 0) is 70.9 Å². The molecular formula is C16H30N2O2. The van der Waals surface area contributed by atoms with Crippen molar-refractivity contribution in [3.05, 3.63) is 0 Å². The SMILES string of the molecule is CCOCCC1CC12CCN(CC(=O)NC(C)C)CC2. The first-order valence-electron chi connectivity index (χ1n) is 8.15. The molecule has 1 heterocycles. The van der Waals surface area contributed by atoms with Crippen LogP contribution in [0.5, 0.6) is 0 Å². The second-order valence-electron chi connectivity index (χ2n) is 6.75. The third kappa shape index (κ3) is 4.19. The Bertz CT molecular complexity index is 322. The van der Waals surface area contributed by atoms with E-state index in [4.69, 9.17) is 4.74 Å². The number of hydrogen-bond donors (Lipinski definition) is 1. The zero-order valence-electron chi connectivity index (χ0n) is 13.3. The van der Waals surface area contributed by atoms with Gasteiger partial charge in [-0.3, -0.25) is 9.69 Å². The topological polar surface area (TPSA) is 41.6 Å². The number of carbonyl (C=O) groups is 1. The van der Waals surface area contributed by atoms with Gasteiger partial charge < -0.3 is 10.1 Å². The molecule has 1 aliphatic heterocycles. The van der Waals surface area contributed by atoms with Crippen molar-refractivity contribution < 1.29 is 9.53 Å². The normalized spacial score (nSPS) is 25.1. The Balaban J connectivity index is 1.65. The summed E-state index contributed by atoms with van der Waals surface area (Å²) in [6, 6.07) is 0.241. The van der Waals surface area contributed by atoms with Crippen LogP contribution in [0.4, 0.5) is 0 Å². The minimum Gasteiger partial charge on any atom is -0.382 e. The van der Waals surface area contributed by atoms with Gasteiger partial charge in [0.25, 0.3) is 0 Å². The second kappa shape index (κ2) is 6.90. The Morgan fingerprint density at radius 2 is 2.10 bits per heavy atom. The van der Waals surface area contributed by atoms with Crippen LogP contribution in [0.1, 0.15) is 46.5 Å². The largest absolute Gasteiger partial charge is 0.382 e. The summed E-state index contributed by atoms with van der Waals surface area (Å²) in [7, 11) is 0. The van der Waals surface area contributed by atoms with Gasteiger partial charge in [-0.2, -0.15) is 0 Å². The number of piperidine rings is 1. The molecule has 0 aromatic heterocycles. The monoisotopic (exact) mass is 282 g/mol. The maximum atomic E-state index is 11.8. The number of carbonyl (C=O) groups excluding carboxylic acids is 1. The molecule has 0 radical (unpaired) electrons. The lowest BCUT2D eigenvalue weighted by atomic mass is 9.90. The fraction of sp³-hybridized carbons (Fsp3) is 0.938. The van der Waals surface area contributed by atoms with E-state index in [-0.39, 0.29) is 11.9 Å². The first-order valence-corrected chi connectivity index (χ1v) is 8.15. The number of amides is 1. The maximum Gasteiger partial charge on any atom is 0.234 e. The molecule has 1 aliphatic carbocycles. The summed E-state index contributed by atoms with van der Waals surface area (Å²) < 4.78 is 5.47. The van der Waals surface area contributed by atoms with E-state index in [9.17, 15) is 4.79 Å². The van der Waals surface area contributed by atoms with Crippen molar-refractivity contribution in [3.8, 4) is 0 Å². The molecule has 2 rings (SSSR count). The Morgan fingerprint density at radius 1 is 1.40 bits per heavy atom. The van der Waals surface area contributed by atoms with Crippen molar-refractivity contribution >= 4 is 5.91 Å². The molecule has 1 atom stereocenters. The summed E-state index contributed by atoms with van der Waals surface area (Å²) in [4.78, 5) is 14.1. The Morgan fingerprint density at radius 3 is 2.70 bits per heavy atom. The highest BCUT2D eigenvalue weighted by Crippen LogP contribution is 2.60. The highest BCUT2D eigenvalue weighted by molar-refractivity contribution is 5.78. The molecule has 116 valence electrons. The van der Waals surface area contributed by atoms with E-state index in [2.05, 4.69) is 17.1 Å². The van der Waals surface area contributed by atoms with Crippen molar-refractivity contribution in [2.24, 2.45) is 11.3 Å². The van der Waals surface area contributed by atoms with E-state index in [1.54, 1.807) is 0 Å². The van der Waals surface area contributed by atoms with Gasteiger partial charge in [0.05, 0.1) is 6.54 Å². The van der Waals surface area contributed by atoms with E-state index in [1.165, 1.54) is 25.7 Å². The number of nitrogens with zero attached hydrogens (tertiary/aromatic N) is 1. The molecule has 4 heteroatoms. The maximum absolute atomic E-state index is 11.8. The molecule has 2 aliphatic rings. The molecule has 1 spiro atoms. The first kappa shape index (κ1) is 15.8. The van der Waals surface area contributed by atoms with Crippen LogP contribution in [0.2, 0.25) is 0 Å². The molecule has 20 heavy (non-hydrogen) atoms. The third-order valence-corrected chi connectivity index (χ3v) is 4.84. The number of rotatable bonds is 7. The van der Waals surface area contributed by atoms with Crippen molar-refractivity contribution in [2.75, 3.05) is 32.8 Å². The van der Waals surface area contributed by atoms with Crippen molar-refractivity contribution in [1.82, 2.24) is 10.2 Å². The van der Waals surface area contributed by atoms with Crippen LogP contribution in [-0.4, -0.2) is 49.7 Å². The van der Waals surface area contributed by atoms with Crippen LogP contribution in [0, 0.1) is 11.3 Å². The average Bonchev–Trinajstić information content (AvgIpc) is 3.05. The van der Waals surface area contributed by atoms with Crippen LogP contribution in [0.15, 0.2) is 0 Å². The molecule has 1 amide bonds. The lowest BCUT2D eigenvalue weighted by Crippen LogP contribution is -2.43. The fourth-order valence-corrected chi connectivity index (χ4v) is 3.55. The predicted octanol–water partition coefficient (Wildman–Crippen LogP) is 2.04. The van der Waals surface area contributed by atoms with E-state index >= 15 is 0 Å². The molecule has 1 saturated carbocycles. The number of likely N-dealkylation sites (tertiary alicyclic amines) is 1. The van der Waals surface area contributed by atoms with Crippen molar-refractivity contribution in [1.29, 1.82) is 0 Å². The molecule has 0 aromatic rings. The van der Waals surface area contributed by atoms with Crippen molar-refractivity contribution in [3.63, 3.8) is 0 Å². The minimum atomic E-state index is 0.166. The van der Waals surface area contributed by atoms with Gasteiger partial charge in [-0.15, -0.1) is 0 Å². The van der Waals surface area contributed by atoms with Gasteiger partial charge in [0.15, 0.2) is 0 Å². The molecule has 1 N–H and O–H groups in total. The third-order valence-electron chi connectivity index (χ3n) is 4.84. The van der Waals surface area contributed by atoms with Gasteiger partial charge >= 0.3 is 0 Å². The lowest BCUT2D eigenvalue weighted by molar-refractivity contribution is -0.123. The summed E-state index contributed by atoms with van der Waals surface area (Å²) in [5.41, 5.74) is 0.599. The summed E-state index contributed by atoms with van der Waals surface area (Å²) in [5, 5.41) is 2.97. The van der Waals surface area contributed by atoms with Crippen LogP contribution < -0.4 is 5.32 Å². The van der Waals surface area contributed by atoms with Crippen LogP contribution in [0.3, 0.4) is 0 Å². The van der Waals surface area contributed by atoms with Crippen LogP contribution >= 0.6 is 0 Å². The second-order valence-corrected chi connectivity index (χ2v) is 6.75. The van der Waals surface area contributed by atoms with Crippen LogP contribution in [0.25, 0.3) is 0 Å². The van der Waals surface area contributed by atoms with Gasteiger partial charge in [0.1, 0.15) is 0 Å². The van der Waals surface area contributed by atoms with E-state index in [0.29, 0.717) is 12.0 Å².